The van der Waals surface area contributed by atoms with Gasteiger partial charge in [0.2, 0.25) is 0 Å². The minimum absolute atomic E-state index is 0.385. The monoisotopic (exact) mass is 260 g/mol. The molecule has 2 aliphatic rings. The number of hydrogen-bond acceptors (Lipinski definition) is 4. The third-order valence-corrected chi connectivity index (χ3v) is 4.44. The molecule has 1 aromatic rings. The third-order valence-electron chi connectivity index (χ3n) is 4.44. The standard InChI is InChI=1S/C15H20N2O2/c1-19-14(18)12-8-11(4-5-13(12)16)17-9-15(6-7-15)10-2-3-10/h4-5,8,10,17H,2-3,6-7,9,16H2,1H3. The van der Waals surface area contributed by atoms with E-state index < -0.39 is 0 Å². The normalized spacial score (nSPS) is 19.8. The number of methoxy groups -OCH3 is 1. The van der Waals surface area contributed by atoms with Crippen LogP contribution in [0.4, 0.5) is 11.4 Å². The van der Waals surface area contributed by atoms with Gasteiger partial charge in [0.1, 0.15) is 0 Å². The number of hydrogen-bond donors (Lipinski definition) is 2. The molecule has 2 aliphatic carbocycles. The van der Waals surface area contributed by atoms with Gasteiger partial charge in [0.15, 0.2) is 0 Å². The Kier molecular flexibility index (Phi) is 2.88. The van der Waals surface area contributed by atoms with Crippen LogP contribution in [0.5, 0.6) is 0 Å². The maximum absolute atomic E-state index is 11.6. The van der Waals surface area contributed by atoms with Crippen molar-refractivity contribution in [2.45, 2.75) is 25.7 Å². The molecule has 3 N–H and O–H groups in total. The number of benzene rings is 1. The van der Waals surface area contributed by atoms with E-state index in [9.17, 15) is 4.79 Å². The SMILES string of the molecule is COC(=O)c1cc(NCC2(C3CC3)CC2)ccc1N. The maximum atomic E-state index is 11.6. The van der Waals surface area contributed by atoms with Gasteiger partial charge >= 0.3 is 5.97 Å². The fraction of sp³-hybridized carbons (Fsp3) is 0.533. The summed E-state index contributed by atoms with van der Waals surface area (Å²) in [5.41, 5.74) is 8.16. The van der Waals surface area contributed by atoms with Crippen LogP contribution >= 0.6 is 0 Å². The van der Waals surface area contributed by atoms with E-state index in [1.54, 1.807) is 12.1 Å². The van der Waals surface area contributed by atoms with Crippen LogP contribution in [0.25, 0.3) is 0 Å². The minimum atomic E-state index is -0.385. The largest absolute Gasteiger partial charge is 0.465 e. The molecule has 0 saturated heterocycles. The molecule has 0 aliphatic heterocycles. The zero-order valence-corrected chi connectivity index (χ0v) is 11.2. The molecule has 0 heterocycles. The topological polar surface area (TPSA) is 64.3 Å². The predicted molar refractivity (Wildman–Crippen MR) is 75.1 cm³/mol. The molecule has 0 unspecified atom stereocenters. The van der Waals surface area contributed by atoms with Gasteiger partial charge in [0.05, 0.1) is 12.7 Å². The summed E-state index contributed by atoms with van der Waals surface area (Å²) in [6.45, 7) is 1.00. The Morgan fingerprint density at radius 2 is 2.21 bits per heavy atom. The van der Waals surface area contributed by atoms with Crippen molar-refractivity contribution in [2.24, 2.45) is 11.3 Å². The van der Waals surface area contributed by atoms with E-state index in [0.29, 0.717) is 16.7 Å². The Labute approximate surface area is 113 Å². The van der Waals surface area contributed by atoms with Crippen molar-refractivity contribution >= 4 is 17.3 Å². The first kappa shape index (κ1) is 12.3. The summed E-state index contributed by atoms with van der Waals surface area (Å²) in [6, 6.07) is 5.46. The van der Waals surface area contributed by atoms with Gasteiger partial charge in [-0.25, -0.2) is 4.79 Å². The third kappa shape index (κ3) is 2.39. The fourth-order valence-corrected chi connectivity index (χ4v) is 2.82. The summed E-state index contributed by atoms with van der Waals surface area (Å²) in [5.74, 6) is 0.540. The van der Waals surface area contributed by atoms with Crippen LogP contribution in [-0.2, 0) is 4.74 Å². The number of ether oxygens (including phenoxy) is 1. The lowest BCUT2D eigenvalue weighted by molar-refractivity contribution is 0.0602. The average Bonchev–Trinajstić information content (AvgIpc) is 3.28. The lowest BCUT2D eigenvalue weighted by Crippen LogP contribution is -2.17. The molecule has 0 spiro atoms. The molecule has 0 atom stereocenters. The molecular weight excluding hydrogens is 240 g/mol. The summed E-state index contributed by atoms with van der Waals surface area (Å²) in [7, 11) is 1.37. The highest BCUT2D eigenvalue weighted by atomic mass is 16.5. The van der Waals surface area contributed by atoms with Crippen LogP contribution in [0.1, 0.15) is 36.0 Å². The first-order valence-electron chi connectivity index (χ1n) is 6.86. The molecule has 0 bridgehead atoms. The van der Waals surface area contributed by atoms with Gasteiger partial charge in [0, 0.05) is 17.9 Å². The number of carbonyl (C=O) groups excluding carboxylic acids is 1. The molecule has 4 heteroatoms. The van der Waals surface area contributed by atoms with Gasteiger partial charge in [-0.1, -0.05) is 0 Å². The van der Waals surface area contributed by atoms with Gasteiger partial charge in [0.25, 0.3) is 0 Å². The second kappa shape index (κ2) is 4.44. The van der Waals surface area contributed by atoms with Crippen molar-refractivity contribution in [1.82, 2.24) is 0 Å². The van der Waals surface area contributed by atoms with E-state index in [4.69, 9.17) is 10.5 Å². The van der Waals surface area contributed by atoms with Gasteiger partial charge in [-0.15, -0.1) is 0 Å². The highest BCUT2D eigenvalue weighted by molar-refractivity contribution is 5.96. The van der Waals surface area contributed by atoms with Crippen LogP contribution < -0.4 is 11.1 Å². The maximum Gasteiger partial charge on any atom is 0.340 e. The van der Waals surface area contributed by atoms with E-state index in [-0.39, 0.29) is 5.97 Å². The second-order valence-electron chi connectivity index (χ2n) is 5.78. The molecule has 2 saturated carbocycles. The summed E-state index contributed by atoms with van der Waals surface area (Å²) < 4.78 is 4.73. The summed E-state index contributed by atoms with van der Waals surface area (Å²) in [6.07, 6.45) is 5.45. The molecule has 1 aromatic carbocycles. The quantitative estimate of drug-likeness (QED) is 0.631. The number of rotatable bonds is 5. The van der Waals surface area contributed by atoms with Crippen molar-refractivity contribution in [1.29, 1.82) is 0 Å². The molecule has 3 rings (SSSR count). The number of nitrogens with one attached hydrogen (secondary N) is 1. The predicted octanol–water partition coefficient (Wildman–Crippen LogP) is 2.66. The van der Waals surface area contributed by atoms with Crippen LogP contribution in [0.15, 0.2) is 18.2 Å². The summed E-state index contributed by atoms with van der Waals surface area (Å²) >= 11 is 0. The van der Waals surface area contributed by atoms with Crippen molar-refractivity contribution in [3.8, 4) is 0 Å². The van der Waals surface area contributed by atoms with Crippen LogP contribution in [-0.4, -0.2) is 19.6 Å². The van der Waals surface area contributed by atoms with Crippen LogP contribution in [0.3, 0.4) is 0 Å². The second-order valence-corrected chi connectivity index (χ2v) is 5.78. The van der Waals surface area contributed by atoms with Gasteiger partial charge < -0.3 is 15.8 Å². The molecule has 19 heavy (non-hydrogen) atoms. The van der Waals surface area contributed by atoms with Crippen molar-refractivity contribution < 1.29 is 9.53 Å². The van der Waals surface area contributed by atoms with E-state index in [0.717, 1.165) is 18.2 Å². The number of esters is 1. The highest BCUT2D eigenvalue weighted by Gasteiger charge is 2.53. The van der Waals surface area contributed by atoms with Crippen LogP contribution in [0.2, 0.25) is 0 Å². The number of anilines is 2. The zero-order chi connectivity index (χ0) is 13.5. The Hall–Kier alpha value is -1.71. The van der Waals surface area contributed by atoms with Crippen molar-refractivity contribution in [2.75, 3.05) is 24.7 Å². The molecule has 0 amide bonds. The van der Waals surface area contributed by atoms with E-state index in [1.165, 1.54) is 32.8 Å². The zero-order valence-electron chi connectivity index (χ0n) is 11.2. The number of nitrogen functional groups attached to an aromatic ring is 1. The first-order chi connectivity index (χ1) is 9.14. The molecule has 2 fully saturated rings. The van der Waals surface area contributed by atoms with E-state index in [1.807, 2.05) is 6.07 Å². The Morgan fingerprint density at radius 1 is 1.47 bits per heavy atom. The number of nitrogens with two attached hydrogens (primary N) is 1. The smallest absolute Gasteiger partial charge is 0.340 e. The Bertz CT molecular complexity index is 505. The number of carbonyl (C=O) groups is 1. The lowest BCUT2D eigenvalue weighted by Gasteiger charge is -2.16. The molecule has 0 radical (unpaired) electrons. The first-order valence-corrected chi connectivity index (χ1v) is 6.86. The molecule has 0 aromatic heterocycles. The molecule has 4 nitrogen and oxygen atoms in total. The van der Waals surface area contributed by atoms with E-state index >= 15 is 0 Å². The van der Waals surface area contributed by atoms with Crippen LogP contribution in [0, 0.1) is 11.3 Å². The molecular formula is C15H20N2O2. The Balaban J connectivity index is 1.69. The van der Waals surface area contributed by atoms with Crippen molar-refractivity contribution in [3.05, 3.63) is 23.8 Å². The van der Waals surface area contributed by atoms with E-state index in [2.05, 4.69) is 5.32 Å². The van der Waals surface area contributed by atoms with Crippen molar-refractivity contribution in [3.63, 3.8) is 0 Å². The average molecular weight is 260 g/mol. The van der Waals surface area contributed by atoms with Gasteiger partial charge in [-0.2, -0.15) is 0 Å². The van der Waals surface area contributed by atoms with Gasteiger partial charge in [-0.3, -0.25) is 0 Å². The summed E-state index contributed by atoms with van der Waals surface area (Å²) in [5, 5.41) is 3.45. The Morgan fingerprint density at radius 3 is 2.79 bits per heavy atom. The highest BCUT2D eigenvalue weighted by Crippen LogP contribution is 2.61. The van der Waals surface area contributed by atoms with Gasteiger partial charge in [-0.05, 0) is 55.2 Å². The molecule has 102 valence electrons. The fourth-order valence-electron chi connectivity index (χ4n) is 2.82. The summed E-state index contributed by atoms with van der Waals surface area (Å²) in [4.78, 5) is 11.6. The minimum Gasteiger partial charge on any atom is -0.465 e. The lowest BCUT2D eigenvalue weighted by atomic mass is 10.0.